The summed E-state index contributed by atoms with van der Waals surface area (Å²) in [6.45, 7) is 6.89. The largest absolute Gasteiger partial charge is 0.496 e. The standard InChI is InChI=1S/C31H32ClFN4O5/c1-31(2,3)42-30(39)35-14-15-36-19(16-35)17-41-27-24(29(36)38)28(37-13-12-18-8-5-6-10-21(18)37)34-26(25(27)32)23-20(33)9-7-11-22(23)40-4/h5-11,19H,12-17H2,1-4H3/t19-/m1/s1. The Kier molecular flexibility index (Phi) is 7.12. The molecule has 3 aromatic rings. The zero-order chi connectivity index (χ0) is 29.8. The van der Waals surface area contributed by atoms with E-state index in [-0.39, 0.29) is 58.9 Å². The first kappa shape index (κ1) is 28.1. The first-order valence-electron chi connectivity index (χ1n) is 13.9. The molecule has 1 fully saturated rings. The molecule has 0 unspecified atom stereocenters. The molecule has 2 amide bonds. The maximum Gasteiger partial charge on any atom is 0.410 e. The maximum atomic E-state index is 15.4. The predicted octanol–water partition coefficient (Wildman–Crippen LogP) is 5.70. The summed E-state index contributed by atoms with van der Waals surface area (Å²) in [7, 11) is 1.45. The lowest BCUT2D eigenvalue weighted by Gasteiger charge is -2.40. The van der Waals surface area contributed by atoms with Gasteiger partial charge in [-0.2, -0.15) is 0 Å². The van der Waals surface area contributed by atoms with E-state index in [9.17, 15) is 9.59 Å². The third kappa shape index (κ3) is 4.87. The van der Waals surface area contributed by atoms with E-state index in [1.54, 1.807) is 21.9 Å². The third-order valence-corrected chi connectivity index (χ3v) is 8.03. The molecule has 1 atom stereocenters. The number of carbonyl (C=O) groups is 2. The summed E-state index contributed by atoms with van der Waals surface area (Å²) in [6.07, 6.45) is 0.305. The number of rotatable bonds is 3. The first-order valence-corrected chi connectivity index (χ1v) is 14.3. The van der Waals surface area contributed by atoms with Crippen molar-refractivity contribution in [2.75, 3.05) is 44.8 Å². The second-order valence-electron chi connectivity index (χ2n) is 11.5. The Morgan fingerprint density at radius 1 is 1.10 bits per heavy atom. The molecule has 42 heavy (non-hydrogen) atoms. The van der Waals surface area contributed by atoms with E-state index in [1.165, 1.54) is 13.2 Å². The molecule has 1 saturated heterocycles. The average Bonchev–Trinajstić information content (AvgIpc) is 3.32. The van der Waals surface area contributed by atoms with Crippen LogP contribution in [-0.2, 0) is 11.2 Å². The molecule has 0 saturated carbocycles. The Bertz CT molecular complexity index is 1580. The number of anilines is 2. The van der Waals surface area contributed by atoms with Crippen LogP contribution in [0.5, 0.6) is 11.5 Å². The molecule has 220 valence electrons. The van der Waals surface area contributed by atoms with Crippen LogP contribution in [0.1, 0.15) is 36.7 Å². The number of halogens is 2. The average molecular weight is 595 g/mol. The third-order valence-electron chi connectivity index (χ3n) is 7.68. The second-order valence-corrected chi connectivity index (χ2v) is 11.9. The second kappa shape index (κ2) is 10.7. The van der Waals surface area contributed by atoms with Gasteiger partial charge in [-0.1, -0.05) is 35.9 Å². The van der Waals surface area contributed by atoms with E-state index >= 15 is 4.39 Å². The molecule has 0 bridgehead atoms. The highest BCUT2D eigenvalue weighted by Crippen LogP contribution is 2.48. The number of hydrogen-bond donors (Lipinski definition) is 0. The van der Waals surface area contributed by atoms with E-state index in [4.69, 9.17) is 30.8 Å². The fourth-order valence-electron chi connectivity index (χ4n) is 5.76. The van der Waals surface area contributed by atoms with Gasteiger partial charge in [0, 0.05) is 31.9 Å². The molecule has 0 spiro atoms. The number of piperazine rings is 1. The Morgan fingerprint density at radius 3 is 2.64 bits per heavy atom. The van der Waals surface area contributed by atoms with Crippen LogP contribution < -0.4 is 14.4 Å². The van der Waals surface area contributed by atoms with Gasteiger partial charge >= 0.3 is 6.09 Å². The summed E-state index contributed by atoms with van der Waals surface area (Å²) in [5.41, 5.74) is 1.78. The summed E-state index contributed by atoms with van der Waals surface area (Å²) < 4.78 is 32.7. The number of methoxy groups -OCH3 is 1. The van der Waals surface area contributed by atoms with Crippen LogP contribution in [0.2, 0.25) is 5.02 Å². The van der Waals surface area contributed by atoms with E-state index in [0.29, 0.717) is 18.9 Å². The van der Waals surface area contributed by atoms with Gasteiger partial charge in [-0.05, 0) is 51.0 Å². The topological polar surface area (TPSA) is 84.4 Å². The molecular weight excluding hydrogens is 563 g/mol. The van der Waals surface area contributed by atoms with Crippen molar-refractivity contribution >= 4 is 35.1 Å². The molecule has 0 aliphatic carbocycles. The smallest absolute Gasteiger partial charge is 0.410 e. The molecule has 11 heteroatoms. The highest BCUT2D eigenvalue weighted by Gasteiger charge is 2.42. The van der Waals surface area contributed by atoms with Crippen molar-refractivity contribution in [3.63, 3.8) is 0 Å². The zero-order valence-electron chi connectivity index (χ0n) is 23.9. The summed E-state index contributed by atoms with van der Waals surface area (Å²) in [5, 5.41) is 0.0156. The molecule has 6 rings (SSSR count). The predicted molar refractivity (Wildman–Crippen MR) is 156 cm³/mol. The first-order chi connectivity index (χ1) is 20.1. The minimum atomic E-state index is -0.648. The monoisotopic (exact) mass is 594 g/mol. The van der Waals surface area contributed by atoms with E-state index in [2.05, 4.69) is 0 Å². The highest BCUT2D eigenvalue weighted by molar-refractivity contribution is 6.35. The van der Waals surface area contributed by atoms with Crippen molar-refractivity contribution in [1.82, 2.24) is 14.8 Å². The summed E-state index contributed by atoms with van der Waals surface area (Å²) in [4.78, 5) is 37.3. The Hall–Kier alpha value is -4.05. The van der Waals surface area contributed by atoms with Gasteiger partial charge in [0.05, 0.1) is 18.7 Å². The molecule has 0 N–H and O–H groups in total. The van der Waals surface area contributed by atoms with Gasteiger partial charge in [0.1, 0.15) is 40.1 Å². The van der Waals surface area contributed by atoms with Gasteiger partial charge in [0.15, 0.2) is 11.6 Å². The van der Waals surface area contributed by atoms with Gasteiger partial charge in [-0.3, -0.25) is 4.79 Å². The van der Waals surface area contributed by atoms with Crippen molar-refractivity contribution in [1.29, 1.82) is 0 Å². The number of fused-ring (bicyclic) bond motifs is 3. The van der Waals surface area contributed by atoms with Crippen molar-refractivity contribution in [3.05, 3.63) is 64.4 Å². The number of hydrogen-bond acceptors (Lipinski definition) is 7. The van der Waals surface area contributed by atoms with Gasteiger partial charge in [0.25, 0.3) is 5.91 Å². The normalized spacial score (nSPS) is 18.1. The zero-order valence-corrected chi connectivity index (χ0v) is 24.7. The van der Waals surface area contributed by atoms with E-state index in [1.807, 2.05) is 49.9 Å². The fourth-order valence-corrected chi connectivity index (χ4v) is 6.05. The van der Waals surface area contributed by atoms with Gasteiger partial charge in [-0.15, -0.1) is 0 Å². The quantitative estimate of drug-likeness (QED) is 0.385. The molecule has 3 aliphatic rings. The van der Waals surface area contributed by atoms with E-state index in [0.717, 1.165) is 17.7 Å². The minimum absolute atomic E-state index is 0.0156. The number of benzene rings is 2. The Labute approximate surface area is 248 Å². The number of nitrogens with zero attached hydrogens (tertiary/aromatic N) is 4. The molecule has 9 nitrogen and oxygen atoms in total. The number of aromatic nitrogens is 1. The number of ether oxygens (including phenoxy) is 3. The molecule has 2 aromatic carbocycles. The minimum Gasteiger partial charge on any atom is -0.496 e. The Balaban J connectivity index is 1.47. The molecule has 3 aliphatic heterocycles. The number of carbonyl (C=O) groups excluding carboxylic acids is 2. The van der Waals surface area contributed by atoms with Crippen molar-refractivity contribution in [3.8, 4) is 22.8 Å². The lowest BCUT2D eigenvalue weighted by Crippen LogP contribution is -2.58. The number of amides is 2. The van der Waals surface area contributed by atoms with Gasteiger partial charge in [0.2, 0.25) is 0 Å². The Morgan fingerprint density at radius 2 is 1.88 bits per heavy atom. The van der Waals surface area contributed by atoms with Crippen molar-refractivity contribution < 1.29 is 28.2 Å². The van der Waals surface area contributed by atoms with Crippen LogP contribution in [0.25, 0.3) is 11.3 Å². The molecule has 0 radical (unpaired) electrons. The van der Waals surface area contributed by atoms with Crippen LogP contribution in [0.4, 0.5) is 20.7 Å². The summed E-state index contributed by atoms with van der Waals surface area (Å²) >= 11 is 6.94. The SMILES string of the molecule is COc1cccc(F)c1-c1nc(N2CCc3ccccc32)c2c(c1Cl)OC[C@H]1CN(C(=O)OC(C)(C)C)CCN1C2=O. The molecular formula is C31H32ClFN4O5. The summed E-state index contributed by atoms with van der Waals surface area (Å²) in [6, 6.07) is 11.9. The summed E-state index contributed by atoms with van der Waals surface area (Å²) in [5.74, 6) is -0.157. The number of pyridine rings is 1. The van der Waals surface area contributed by atoms with Crippen LogP contribution in [-0.4, -0.2) is 78.3 Å². The van der Waals surface area contributed by atoms with Crippen molar-refractivity contribution in [2.24, 2.45) is 0 Å². The number of para-hydroxylation sites is 1. The highest BCUT2D eigenvalue weighted by atomic mass is 35.5. The van der Waals surface area contributed by atoms with Crippen LogP contribution in [0.15, 0.2) is 42.5 Å². The van der Waals surface area contributed by atoms with Crippen LogP contribution >= 0.6 is 11.6 Å². The lowest BCUT2D eigenvalue weighted by molar-refractivity contribution is 0.000956. The molecule has 4 heterocycles. The van der Waals surface area contributed by atoms with Crippen LogP contribution in [0.3, 0.4) is 0 Å². The lowest BCUT2D eigenvalue weighted by atomic mass is 10.0. The van der Waals surface area contributed by atoms with Gasteiger partial charge < -0.3 is 28.9 Å². The maximum absolute atomic E-state index is 15.4. The van der Waals surface area contributed by atoms with Gasteiger partial charge in [-0.25, -0.2) is 14.2 Å². The van der Waals surface area contributed by atoms with Crippen molar-refractivity contribution in [2.45, 2.75) is 38.8 Å². The molecule has 1 aromatic heterocycles. The van der Waals surface area contributed by atoms with E-state index < -0.39 is 23.6 Å². The fraction of sp³-hybridized carbons (Fsp3) is 0.387. The van der Waals surface area contributed by atoms with Crippen LogP contribution in [0, 0.1) is 5.82 Å².